The molecular weight excluding hydrogens is 456 g/mol. The number of hydrogen-bond donors (Lipinski definition) is 2. The van der Waals surface area contributed by atoms with Crippen LogP contribution in [0.15, 0.2) is 46.2 Å². The molecule has 4 heterocycles. The lowest BCUT2D eigenvalue weighted by Crippen LogP contribution is -2.48. The molecule has 2 aliphatic heterocycles. The molecular formula is C23H26N6O4S. The van der Waals surface area contributed by atoms with Gasteiger partial charge in [-0.3, -0.25) is 9.48 Å². The van der Waals surface area contributed by atoms with Crippen molar-refractivity contribution in [3.8, 4) is 6.07 Å². The average Bonchev–Trinajstić information content (AvgIpc) is 3.18. The van der Waals surface area contributed by atoms with E-state index in [2.05, 4.69) is 16.4 Å². The number of pyridine rings is 1. The van der Waals surface area contributed by atoms with Gasteiger partial charge in [0.2, 0.25) is 10.0 Å². The minimum absolute atomic E-state index is 0.206. The molecule has 11 heteroatoms. The average molecular weight is 483 g/mol. The quantitative estimate of drug-likeness (QED) is 0.551. The van der Waals surface area contributed by atoms with Crippen molar-refractivity contribution < 1.29 is 13.2 Å². The number of rotatable bonds is 6. The molecule has 0 spiro atoms. The van der Waals surface area contributed by atoms with Gasteiger partial charge in [0.25, 0.3) is 5.56 Å². The molecule has 0 bridgehead atoms. The summed E-state index contributed by atoms with van der Waals surface area (Å²) in [5.74, 6) is 0.711. The summed E-state index contributed by atoms with van der Waals surface area (Å²) in [6.45, 7) is 4.05. The SMILES string of the molecule is CC1CN(S(=O)(=O)c2ccc(Nc3nn(C4(CC#N)CCCOC4)c4cc[nH]c(=O)c34)cc2)C1. The molecule has 2 N–H and O–H groups in total. The standard InChI is InChI=1S/C23H26N6O4S/c1-16-13-28(14-16)34(31,32)18-5-3-17(4-6-18)26-21-20-19(7-11-25-22(20)30)29(27-21)23(9-10-24)8-2-12-33-15-23/h3-7,11,16H,2,8-9,12-15H2,1H3,(H,25,30)(H,26,27). The second-order valence-corrected chi connectivity index (χ2v) is 11.1. The van der Waals surface area contributed by atoms with Crippen molar-refractivity contribution in [2.75, 3.05) is 31.6 Å². The monoisotopic (exact) mass is 482 g/mol. The number of benzene rings is 1. The number of H-pyrrole nitrogens is 1. The molecule has 10 nitrogen and oxygen atoms in total. The first-order valence-electron chi connectivity index (χ1n) is 11.3. The highest BCUT2D eigenvalue weighted by Gasteiger charge is 2.38. The number of hydrogen-bond acceptors (Lipinski definition) is 7. The third kappa shape index (κ3) is 3.77. The Balaban J connectivity index is 1.50. The van der Waals surface area contributed by atoms with Gasteiger partial charge in [-0.1, -0.05) is 6.92 Å². The van der Waals surface area contributed by atoms with Crippen LogP contribution in [-0.2, 0) is 20.3 Å². The first kappa shape index (κ1) is 22.6. The van der Waals surface area contributed by atoms with E-state index >= 15 is 0 Å². The molecule has 0 amide bonds. The van der Waals surface area contributed by atoms with Gasteiger partial charge in [0.1, 0.15) is 5.39 Å². The predicted molar refractivity (Wildman–Crippen MR) is 126 cm³/mol. The lowest BCUT2D eigenvalue weighted by molar-refractivity contribution is -0.00174. The fourth-order valence-corrected chi connectivity index (χ4v) is 6.41. The van der Waals surface area contributed by atoms with Crippen LogP contribution in [0, 0.1) is 17.2 Å². The van der Waals surface area contributed by atoms with Gasteiger partial charge >= 0.3 is 0 Å². The fraction of sp³-hybridized carbons (Fsp3) is 0.435. The van der Waals surface area contributed by atoms with Crippen molar-refractivity contribution in [3.05, 3.63) is 46.9 Å². The van der Waals surface area contributed by atoms with Crippen molar-refractivity contribution in [1.29, 1.82) is 5.26 Å². The van der Waals surface area contributed by atoms with Crippen LogP contribution in [0.4, 0.5) is 11.5 Å². The number of aromatic nitrogens is 3. The van der Waals surface area contributed by atoms with E-state index in [1.807, 2.05) is 6.92 Å². The highest BCUT2D eigenvalue weighted by molar-refractivity contribution is 7.89. The summed E-state index contributed by atoms with van der Waals surface area (Å²) in [5, 5.41) is 17.8. The second kappa shape index (κ2) is 8.54. The minimum atomic E-state index is -3.50. The van der Waals surface area contributed by atoms with Crippen molar-refractivity contribution in [1.82, 2.24) is 19.1 Å². The maximum atomic E-state index is 12.7. The van der Waals surface area contributed by atoms with E-state index in [9.17, 15) is 18.5 Å². The van der Waals surface area contributed by atoms with Gasteiger partial charge in [0.05, 0.1) is 35.0 Å². The highest BCUT2D eigenvalue weighted by atomic mass is 32.2. The molecule has 0 radical (unpaired) electrons. The molecule has 3 aromatic rings. The molecule has 2 saturated heterocycles. The van der Waals surface area contributed by atoms with Gasteiger partial charge in [-0.15, -0.1) is 0 Å². The predicted octanol–water partition coefficient (Wildman–Crippen LogP) is 2.53. The number of aromatic amines is 1. The van der Waals surface area contributed by atoms with Crippen molar-refractivity contribution in [3.63, 3.8) is 0 Å². The van der Waals surface area contributed by atoms with Crippen LogP contribution < -0.4 is 10.9 Å². The summed E-state index contributed by atoms with van der Waals surface area (Å²) in [4.78, 5) is 15.7. The van der Waals surface area contributed by atoms with Crippen LogP contribution >= 0.6 is 0 Å². The summed E-state index contributed by atoms with van der Waals surface area (Å²) in [6, 6.07) is 10.4. The molecule has 5 rings (SSSR count). The van der Waals surface area contributed by atoms with E-state index in [1.54, 1.807) is 41.2 Å². The Morgan fingerprint density at radius 3 is 2.71 bits per heavy atom. The van der Waals surface area contributed by atoms with Gasteiger partial charge in [-0.2, -0.15) is 14.7 Å². The Morgan fingerprint density at radius 2 is 2.06 bits per heavy atom. The fourth-order valence-electron chi connectivity index (χ4n) is 4.73. The third-order valence-corrected chi connectivity index (χ3v) is 8.39. The number of ether oxygens (including phenoxy) is 1. The van der Waals surface area contributed by atoms with E-state index in [0.29, 0.717) is 61.1 Å². The summed E-state index contributed by atoms with van der Waals surface area (Å²) in [7, 11) is -3.50. The zero-order chi connectivity index (χ0) is 23.9. The largest absolute Gasteiger partial charge is 0.379 e. The molecule has 2 fully saturated rings. The van der Waals surface area contributed by atoms with Crippen LogP contribution in [-0.4, -0.2) is 53.8 Å². The van der Waals surface area contributed by atoms with Crippen LogP contribution in [0.1, 0.15) is 26.2 Å². The third-order valence-electron chi connectivity index (χ3n) is 6.55. The molecule has 2 aromatic heterocycles. The van der Waals surface area contributed by atoms with E-state index in [4.69, 9.17) is 9.84 Å². The lowest BCUT2D eigenvalue weighted by atomic mass is 9.89. The Hall–Kier alpha value is -3.20. The van der Waals surface area contributed by atoms with E-state index in [0.717, 1.165) is 6.42 Å². The molecule has 1 unspecified atom stereocenters. The van der Waals surface area contributed by atoms with Gasteiger partial charge in [-0.25, -0.2) is 8.42 Å². The normalized spacial score (nSPS) is 21.8. The van der Waals surface area contributed by atoms with Crippen LogP contribution in [0.3, 0.4) is 0 Å². The van der Waals surface area contributed by atoms with Crippen molar-refractivity contribution in [2.45, 2.75) is 36.6 Å². The van der Waals surface area contributed by atoms with Gasteiger partial charge in [0.15, 0.2) is 5.82 Å². The van der Waals surface area contributed by atoms with Crippen LogP contribution in [0.2, 0.25) is 0 Å². The Bertz CT molecular complexity index is 1410. The zero-order valence-electron chi connectivity index (χ0n) is 18.8. The van der Waals surface area contributed by atoms with Crippen molar-refractivity contribution >= 4 is 32.4 Å². The lowest BCUT2D eigenvalue weighted by Gasteiger charge is -2.36. The maximum Gasteiger partial charge on any atom is 0.261 e. The van der Waals surface area contributed by atoms with E-state index < -0.39 is 15.6 Å². The second-order valence-electron chi connectivity index (χ2n) is 9.12. The molecule has 1 aromatic carbocycles. The number of sulfonamides is 1. The van der Waals surface area contributed by atoms with E-state index in [1.165, 1.54) is 4.31 Å². The van der Waals surface area contributed by atoms with Gasteiger partial charge < -0.3 is 15.0 Å². The van der Waals surface area contributed by atoms with Gasteiger partial charge in [0, 0.05) is 31.6 Å². The molecule has 1 atom stereocenters. The Morgan fingerprint density at radius 1 is 1.29 bits per heavy atom. The maximum absolute atomic E-state index is 12.7. The number of nitriles is 1. The molecule has 34 heavy (non-hydrogen) atoms. The van der Waals surface area contributed by atoms with Crippen molar-refractivity contribution in [2.24, 2.45) is 5.92 Å². The number of nitrogens with one attached hydrogen (secondary N) is 2. The molecule has 0 aliphatic carbocycles. The highest BCUT2D eigenvalue weighted by Crippen LogP contribution is 2.35. The topological polar surface area (TPSA) is 133 Å². The summed E-state index contributed by atoms with van der Waals surface area (Å²) < 4.78 is 34.4. The summed E-state index contributed by atoms with van der Waals surface area (Å²) >= 11 is 0. The molecule has 178 valence electrons. The Labute approximate surface area is 197 Å². The molecule has 0 saturated carbocycles. The van der Waals surface area contributed by atoms with Crippen LogP contribution in [0.5, 0.6) is 0 Å². The summed E-state index contributed by atoms with van der Waals surface area (Å²) in [6.07, 6.45) is 3.27. The van der Waals surface area contributed by atoms with Gasteiger partial charge in [-0.05, 0) is 49.1 Å². The van der Waals surface area contributed by atoms with Crippen LogP contribution in [0.25, 0.3) is 10.9 Å². The van der Waals surface area contributed by atoms with E-state index in [-0.39, 0.29) is 16.9 Å². The smallest absolute Gasteiger partial charge is 0.261 e. The zero-order valence-corrected chi connectivity index (χ0v) is 19.6. The minimum Gasteiger partial charge on any atom is -0.379 e. The number of anilines is 2. The first-order valence-corrected chi connectivity index (χ1v) is 12.7. The number of fused-ring (bicyclic) bond motifs is 1. The first-order chi connectivity index (χ1) is 16.3. The summed E-state index contributed by atoms with van der Waals surface area (Å²) in [5.41, 5.74) is 0.241. The Kier molecular flexibility index (Phi) is 5.67. The number of nitrogens with zero attached hydrogens (tertiary/aromatic N) is 4. The molecule has 2 aliphatic rings.